The average Bonchev–Trinajstić information content (AvgIpc) is 3.08. The van der Waals surface area contributed by atoms with Gasteiger partial charge >= 0.3 is 5.69 Å². The number of anilines is 1. The number of aryl methyl sites for hydroxylation is 2. The highest BCUT2D eigenvalue weighted by molar-refractivity contribution is 9.10. The number of rotatable bonds is 5. The molecule has 0 radical (unpaired) electrons. The van der Waals surface area contributed by atoms with Crippen molar-refractivity contribution in [2.75, 3.05) is 5.43 Å². The Morgan fingerprint density at radius 1 is 1.13 bits per heavy atom. The molecule has 0 saturated heterocycles. The summed E-state index contributed by atoms with van der Waals surface area (Å²) in [4.78, 5) is 30.2. The lowest BCUT2D eigenvalue weighted by Crippen LogP contribution is -2.39. The summed E-state index contributed by atoms with van der Waals surface area (Å²) in [5.41, 5.74) is 3.62. The third-order valence-corrected chi connectivity index (χ3v) is 5.37. The van der Waals surface area contributed by atoms with E-state index < -0.39 is 17.1 Å². The van der Waals surface area contributed by atoms with Gasteiger partial charge in [-0.25, -0.2) is 14.6 Å². The molecule has 1 N–H and O–H groups in total. The lowest BCUT2D eigenvalue weighted by molar-refractivity contribution is 0.616. The molecule has 10 heteroatoms. The van der Waals surface area contributed by atoms with Crippen molar-refractivity contribution in [3.8, 4) is 0 Å². The Kier molecular flexibility index (Phi) is 5.55. The fourth-order valence-electron chi connectivity index (χ4n) is 3.21. The number of nitrogens with one attached hydrogen (secondary N) is 1. The van der Waals surface area contributed by atoms with Gasteiger partial charge in [0.25, 0.3) is 5.56 Å². The monoisotopic (exact) mass is 484 g/mol. The molecule has 31 heavy (non-hydrogen) atoms. The second-order valence-corrected chi connectivity index (χ2v) is 7.87. The normalized spacial score (nSPS) is 11.5. The third kappa shape index (κ3) is 4.06. The minimum absolute atomic E-state index is 0.0468. The number of hydrogen-bond acceptors (Lipinski definition) is 5. The van der Waals surface area contributed by atoms with Gasteiger partial charge in [0.05, 0.1) is 12.8 Å². The predicted octanol–water partition coefficient (Wildman–Crippen LogP) is 2.83. The van der Waals surface area contributed by atoms with Gasteiger partial charge in [0.2, 0.25) is 5.95 Å². The van der Waals surface area contributed by atoms with Crippen LogP contribution in [0.2, 0.25) is 0 Å². The van der Waals surface area contributed by atoms with Crippen molar-refractivity contribution < 1.29 is 4.39 Å². The SMILES string of the molecule is Cn1c(N/N=C\c2ccc(Br)cc2)nc2c1c(=O)n(Cc1cccc(F)c1)c(=O)n2C. The highest BCUT2D eigenvalue weighted by Gasteiger charge is 2.18. The second-order valence-electron chi connectivity index (χ2n) is 6.95. The lowest BCUT2D eigenvalue weighted by atomic mass is 10.2. The summed E-state index contributed by atoms with van der Waals surface area (Å²) in [6.45, 7) is -0.0468. The summed E-state index contributed by atoms with van der Waals surface area (Å²) >= 11 is 3.38. The number of fused-ring (bicyclic) bond motifs is 1. The summed E-state index contributed by atoms with van der Waals surface area (Å²) in [7, 11) is 3.19. The van der Waals surface area contributed by atoms with Crippen LogP contribution in [0.25, 0.3) is 11.2 Å². The largest absolute Gasteiger partial charge is 0.332 e. The molecule has 0 bridgehead atoms. The molecular weight excluding hydrogens is 467 g/mol. The molecule has 2 aromatic heterocycles. The molecule has 0 atom stereocenters. The fourth-order valence-corrected chi connectivity index (χ4v) is 3.48. The van der Waals surface area contributed by atoms with Crippen LogP contribution in [0.3, 0.4) is 0 Å². The molecule has 0 saturated carbocycles. The zero-order valence-corrected chi connectivity index (χ0v) is 18.3. The van der Waals surface area contributed by atoms with E-state index in [0.717, 1.165) is 14.6 Å². The van der Waals surface area contributed by atoms with Gasteiger partial charge in [0.1, 0.15) is 5.82 Å². The van der Waals surface area contributed by atoms with E-state index in [1.807, 2.05) is 24.3 Å². The Balaban J connectivity index is 1.72. The quantitative estimate of drug-likeness (QED) is 0.348. The number of imidazole rings is 1. The average molecular weight is 485 g/mol. The first kappa shape index (κ1) is 20.7. The highest BCUT2D eigenvalue weighted by atomic mass is 79.9. The van der Waals surface area contributed by atoms with E-state index in [2.05, 4.69) is 31.4 Å². The van der Waals surface area contributed by atoms with Crippen LogP contribution in [0, 0.1) is 5.82 Å². The molecule has 8 nitrogen and oxygen atoms in total. The van der Waals surface area contributed by atoms with E-state index in [9.17, 15) is 14.0 Å². The van der Waals surface area contributed by atoms with Crippen LogP contribution in [0.4, 0.5) is 10.3 Å². The van der Waals surface area contributed by atoms with Gasteiger partial charge < -0.3 is 4.57 Å². The van der Waals surface area contributed by atoms with Crippen molar-refractivity contribution in [1.29, 1.82) is 0 Å². The van der Waals surface area contributed by atoms with Crippen LogP contribution in [-0.2, 0) is 20.6 Å². The Labute approximate surface area is 184 Å². The van der Waals surface area contributed by atoms with Crippen molar-refractivity contribution in [3.63, 3.8) is 0 Å². The van der Waals surface area contributed by atoms with Gasteiger partial charge in [-0.05, 0) is 35.4 Å². The molecule has 4 aromatic rings. The number of hydrogen-bond donors (Lipinski definition) is 1. The number of benzene rings is 2. The van der Waals surface area contributed by atoms with E-state index >= 15 is 0 Å². The van der Waals surface area contributed by atoms with E-state index in [1.54, 1.807) is 19.3 Å². The topological polar surface area (TPSA) is 86.2 Å². The minimum Gasteiger partial charge on any atom is -0.306 e. The molecule has 0 amide bonds. The van der Waals surface area contributed by atoms with Crippen molar-refractivity contribution >= 4 is 39.3 Å². The van der Waals surface area contributed by atoms with Crippen molar-refractivity contribution in [3.05, 3.63) is 90.8 Å². The Bertz CT molecular complexity index is 1420. The molecule has 0 fully saturated rings. The van der Waals surface area contributed by atoms with E-state index in [4.69, 9.17) is 0 Å². The van der Waals surface area contributed by atoms with Gasteiger partial charge in [0.15, 0.2) is 11.2 Å². The van der Waals surface area contributed by atoms with Crippen LogP contribution in [0.15, 0.2) is 67.7 Å². The van der Waals surface area contributed by atoms with Gasteiger partial charge in [-0.2, -0.15) is 10.1 Å². The second kappa shape index (κ2) is 8.31. The number of nitrogens with zero attached hydrogens (tertiary/aromatic N) is 5. The molecule has 0 aliphatic heterocycles. The van der Waals surface area contributed by atoms with Crippen LogP contribution < -0.4 is 16.7 Å². The first-order valence-electron chi connectivity index (χ1n) is 9.30. The summed E-state index contributed by atoms with van der Waals surface area (Å²) in [5.74, 6) is -0.127. The van der Waals surface area contributed by atoms with Crippen molar-refractivity contribution in [1.82, 2.24) is 18.7 Å². The maximum Gasteiger partial charge on any atom is 0.332 e. The molecule has 2 aromatic carbocycles. The Morgan fingerprint density at radius 3 is 2.58 bits per heavy atom. The molecule has 0 aliphatic rings. The first-order valence-corrected chi connectivity index (χ1v) is 10.1. The van der Waals surface area contributed by atoms with Crippen LogP contribution >= 0.6 is 15.9 Å². The number of hydrazone groups is 1. The zero-order valence-electron chi connectivity index (χ0n) is 16.7. The standard InChI is InChI=1S/C21H18BrFN6O2/c1-27-17-18(25-20(27)26-24-11-13-6-8-15(22)9-7-13)28(2)21(31)29(19(17)30)12-14-4-3-5-16(23)10-14/h3-11H,12H2,1-2H3,(H,25,26)/b24-11-. The highest BCUT2D eigenvalue weighted by Crippen LogP contribution is 2.14. The molecule has 4 rings (SSSR count). The zero-order chi connectivity index (χ0) is 22.1. The van der Waals surface area contributed by atoms with E-state index in [0.29, 0.717) is 11.5 Å². The molecule has 2 heterocycles. The van der Waals surface area contributed by atoms with E-state index in [-0.39, 0.29) is 17.7 Å². The summed E-state index contributed by atoms with van der Waals surface area (Å²) in [5, 5.41) is 4.17. The number of halogens is 2. The van der Waals surface area contributed by atoms with Gasteiger partial charge in [-0.1, -0.05) is 40.2 Å². The van der Waals surface area contributed by atoms with E-state index in [1.165, 1.54) is 34.4 Å². The van der Waals surface area contributed by atoms with Crippen LogP contribution in [0.1, 0.15) is 11.1 Å². The van der Waals surface area contributed by atoms with Crippen LogP contribution in [-0.4, -0.2) is 24.9 Å². The Hall–Kier alpha value is -3.53. The smallest absolute Gasteiger partial charge is 0.306 e. The third-order valence-electron chi connectivity index (χ3n) is 4.84. The maximum absolute atomic E-state index is 13.5. The Morgan fingerprint density at radius 2 is 1.87 bits per heavy atom. The predicted molar refractivity (Wildman–Crippen MR) is 121 cm³/mol. The van der Waals surface area contributed by atoms with Gasteiger partial charge in [-0.15, -0.1) is 0 Å². The van der Waals surface area contributed by atoms with Gasteiger partial charge in [-0.3, -0.25) is 13.9 Å². The van der Waals surface area contributed by atoms with Gasteiger partial charge in [0, 0.05) is 18.6 Å². The summed E-state index contributed by atoms with van der Waals surface area (Å²) in [6, 6.07) is 13.4. The molecule has 0 aliphatic carbocycles. The minimum atomic E-state index is -0.537. The molecule has 158 valence electrons. The first-order chi connectivity index (χ1) is 14.8. The summed E-state index contributed by atoms with van der Waals surface area (Å²) < 4.78 is 18.4. The fraction of sp³-hybridized carbons (Fsp3) is 0.143. The molecule has 0 spiro atoms. The molecule has 0 unspecified atom stereocenters. The van der Waals surface area contributed by atoms with Crippen molar-refractivity contribution in [2.24, 2.45) is 19.2 Å². The number of aromatic nitrogens is 4. The summed E-state index contributed by atoms with van der Waals surface area (Å²) in [6.07, 6.45) is 1.62. The van der Waals surface area contributed by atoms with Crippen molar-refractivity contribution in [2.45, 2.75) is 6.54 Å². The van der Waals surface area contributed by atoms with Crippen LogP contribution in [0.5, 0.6) is 0 Å². The molecular formula is C21H18BrFN6O2. The maximum atomic E-state index is 13.5. The lowest BCUT2D eigenvalue weighted by Gasteiger charge is -2.08.